The molecule has 3 heterocycles. The number of unbranched alkanes of at least 4 members (excludes halogenated alkanes) is 1. The van der Waals surface area contributed by atoms with Gasteiger partial charge in [-0.15, -0.1) is 11.3 Å². The Morgan fingerprint density at radius 3 is 2.60 bits per heavy atom. The topological polar surface area (TPSA) is 75.2 Å². The lowest BCUT2D eigenvalue weighted by Gasteiger charge is -2.11. The van der Waals surface area contributed by atoms with E-state index < -0.39 is 17.3 Å². The van der Waals surface area contributed by atoms with Crippen molar-refractivity contribution in [2.45, 2.75) is 25.9 Å². The highest BCUT2D eigenvalue weighted by molar-refractivity contribution is 7.25. The van der Waals surface area contributed by atoms with Crippen LogP contribution < -0.4 is 10.3 Å². The lowest BCUT2D eigenvalue weighted by Crippen LogP contribution is -2.08. The van der Waals surface area contributed by atoms with E-state index in [1.807, 2.05) is 0 Å². The van der Waals surface area contributed by atoms with E-state index in [0.717, 1.165) is 36.3 Å². The van der Waals surface area contributed by atoms with E-state index in [2.05, 4.69) is 16.9 Å². The number of aromatic amines is 1. The van der Waals surface area contributed by atoms with Gasteiger partial charge in [-0.3, -0.25) is 4.79 Å². The number of hydrogen-bond acceptors (Lipinski definition) is 5. The minimum Gasteiger partial charge on any atom is -0.506 e. The van der Waals surface area contributed by atoms with Gasteiger partial charge in [-0.25, -0.2) is 4.98 Å². The summed E-state index contributed by atoms with van der Waals surface area (Å²) < 4.78 is 47.3. The number of aromatic nitrogens is 2. The van der Waals surface area contributed by atoms with Gasteiger partial charge in [-0.1, -0.05) is 13.3 Å². The zero-order valence-corrected chi connectivity index (χ0v) is 16.7. The molecule has 0 radical (unpaired) electrons. The first kappa shape index (κ1) is 20.2. The minimum atomic E-state index is -4.67. The highest BCUT2D eigenvalue weighted by Crippen LogP contribution is 2.44. The number of aromatic hydroxyl groups is 1. The van der Waals surface area contributed by atoms with Crippen molar-refractivity contribution < 1.29 is 23.0 Å². The van der Waals surface area contributed by atoms with Gasteiger partial charge in [0.1, 0.15) is 16.3 Å². The number of benzene rings is 1. The summed E-state index contributed by atoms with van der Waals surface area (Å²) in [4.78, 5) is 18.5. The largest absolute Gasteiger partial charge is 0.506 e. The molecular weight excluding hydrogens is 417 g/mol. The lowest BCUT2D eigenvalue weighted by atomic mass is 10.1. The van der Waals surface area contributed by atoms with E-state index in [1.165, 1.54) is 0 Å². The molecule has 156 valence electrons. The first-order valence-electron chi connectivity index (χ1n) is 9.28. The van der Waals surface area contributed by atoms with Crippen LogP contribution >= 0.6 is 11.3 Å². The Labute approximate surface area is 172 Å². The number of rotatable bonds is 5. The van der Waals surface area contributed by atoms with Crippen LogP contribution in [0.4, 0.5) is 13.2 Å². The van der Waals surface area contributed by atoms with Gasteiger partial charge in [-0.05, 0) is 36.8 Å². The number of hydrogen-bond donors (Lipinski definition) is 2. The SMILES string of the molecule is CCCCOc1ccc(-c2cc(C(F)(F)F)c3c(n2)sc2c(O)cc(=O)[nH]c23)cc1. The smallest absolute Gasteiger partial charge is 0.417 e. The zero-order chi connectivity index (χ0) is 21.5. The second-order valence-electron chi connectivity index (χ2n) is 6.78. The maximum atomic E-state index is 13.9. The molecule has 5 nitrogen and oxygen atoms in total. The fraction of sp³-hybridized carbons (Fsp3) is 0.238. The molecule has 0 saturated carbocycles. The molecule has 0 unspecified atom stereocenters. The molecule has 3 aromatic heterocycles. The number of nitrogens with one attached hydrogen (secondary N) is 1. The van der Waals surface area contributed by atoms with Crippen LogP contribution in [0.5, 0.6) is 11.5 Å². The Balaban J connectivity index is 1.87. The fourth-order valence-electron chi connectivity index (χ4n) is 3.17. The molecule has 30 heavy (non-hydrogen) atoms. The number of halogens is 3. The van der Waals surface area contributed by atoms with Crippen molar-refractivity contribution in [3.63, 3.8) is 0 Å². The van der Waals surface area contributed by atoms with Gasteiger partial charge < -0.3 is 14.8 Å². The molecule has 4 aromatic rings. The quantitative estimate of drug-likeness (QED) is 0.395. The molecule has 4 rings (SSSR count). The summed E-state index contributed by atoms with van der Waals surface area (Å²) in [5.74, 6) is 0.258. The maximum absolute atomic E-state index is 13.9. The van der Waals surface area contributed by atoms with Crippen LogP contribution in [0, 0.1) is 0 Å². The standard InChI is InChI=1S/C21H17F3N2O3S/c1-2-3-8-29-12-6-4-11(5-7-12)14-9-13(21(22,23)24)17-18-19(30-20(17)25-14)15(27)10-16(28)26-18/h4-7,9-10H,2-3,8H2,1H3,(H2,26,27,28). The van der Waals surface area contributed by atoms with Gasteiger partial charge in [0.15, 0.2) is 0 Å². The summed E-state index contributed by atoms with van der Waals surface area (Å²) in [6, 6.07) is 8.59. The highest BCUT2D eigenvalue weighted by atomic mass is 32.1. The average molecular weight is 434 g/mol. The predicted octanol–water partition coefficient (Wildman–Crippen LogP) is 5.71. The maximum Gasteiger partial charge on any atom is 0.417 e. The Kier molecular flexibility index (Phi) is 5.15. The van der Waals surface area contributed by atoms with Crippen LogP contribution in [0.1, 0.15) is 25.3 Å². The summed E-state index contributed by atoms with van der Waals surface area (Å²) in [5.41, 5.74) is -1.02. The second kappa shape index (κ2) is 7.64. The van der Waals surface area contributed by atoms with Crippen molar-refractivity contribution >= 4 is 31.8 Å². The van der Waals surface area contributed by atoms with Crippen LogP contribution in [-0.4, -0.2) is 21.7 Å². The molecule has 0 fully saturated rings. The molecule has 0 bridgehead atoms. The molecule has 0 aliphatic carbocycles. The molecule has 0 aliphatic heterocycles. The highest BCUT2D eigenvalue weighted by Gasteiger charge is 2.35. The Morgan fingerprint density at radius 1 is 1.20 bits per heavy atom. The van der Waals surface area contributed by atoms with Gasteiger partial charge in [0, 0.05) is 17.0 Å². The van der Waals surface area contributed by atoms with Crippen molar-refractivity contribution in [3.05, 3.63) is 52.3 Å². The van der Waals surface area contributed by atoms with E-state index in [4.69, 9.17) is 4.74 Å². The number of nitrogens with zero attached hydrogens (tertiary/aromatic N) is 1. The van der Waals surface area contributed by atoms with Crippen molar-refractivity contribution in [1.82, 2.24) is 9.97 Å². The van der Waals surface area contributed by atoms with Crippen molar-refractivity contribution in [2.24, 2.45) is 0 Å². The average Bonchev–Trinajstić information content (AvgIpc) is 3.06. The minimum absolute atomic E-state index is 0.0638. The van der Waals surface area contributed by atoms with E-state index in [1.54, 1.807) is 24.3 Å². The molecule has 0 spiro atoms. The third kappa shape index (κ3) is 3.72. The molecule has 1 aromatic carbocycles. The summed E-state index contributed by atoms with van der Waals surface area (Å²) in [5, 5.41) is 9.80. The first-order valence-corrected chi connectivity index (χ1v) is 10.1. The number of fused-ring (bicyclic) bond motifs is 3. The van der Waals surface area contributed by atoms with Gasteiger partial charge in [-0.2, -0.15) is 13.2 Å². The van der Waals surface area contributed by atoms with Gasteiger partial charge in [0.25, 0.3) is 5.56 Å². The number of H-pyrrole nitrogens is 1. The lowest BCUT2D eigenvalue weighted by molar-refractivity contribution is -0.136. The summed E-state index contributed by atoms with van der Waals surface area (Å²) in [6.45, 7) is 2.62. The summed E-state index contributed by atoms with van der Waals surface area (Å²) in [7, 11) is 0. The van der Waals surface area contributed by atoms with Crippen LogP contribution in [0.2, 0.25) is 0 Å². The van der Waals surface area contributed by atoms with Crippen molar-refractivity contribution in [1.29, 1.82) is 0 Å². The number of ether oxygens (including phenoxy) is 1. The molecule has 0 saturated heterocycles. The van der Waals surface area contributed by atoms with Crippen LogP contribution in [0.25, 0.3) is 31.7 Å². The number of thiophene rings is 1. The van der Waals surface area contributed by atoms with E-state index in [0.29, 0.717) is 17.9 Å². The first-order chi connectivity index (χ1) is 14.3. The molecule has 0 atom stereocenters. The molecule has 9 heteroatoms. The number of pyridine rings is 2. The fourth-order valence-corrected chi connectivity index (χ4v) is 4.24. The number of alkyl halides is 3. The Morgan fingerprint density at radius 2 is 1.93 bits per heavy atom. The molecular formula is C21H17F3N2O3S. The van der Waals surface area contributed by atoms with E-state index in [9.17, 15) is 23.1 Å². The van der Waals surface area contributed by atoms with Gasteiger partial charge in [0.2, 0.25) is 0 Å². The molecule has 0 amide bonds. The van der Waals surface area contributed by atoms with Crippen molar-refractivity contribution in [2.75, 3.05) is 6.61 Å². The van der Waals surface area contributed by atoms with Crippen LogP contribution in [-0.2, 0) is 6.18 Å². The van der Waals surface area contributed by atoms with Crippen molar-refractivity contribution in [3.8, 4) is 22.8 Å². The Hall–Kier alpha value is -3.07. The third-order valence-corrected chi connectivity index (χ3v) is 5.74. The summed E-state index contributed by atoms with van der Waals surface area (Å²) >= 11 is 0.897. The van der Waals surface area contributed by atoms with Gasteiger partial charge in [0.05, 0.1) is 28.1 Å². The second-order valence-corrected chi connectivity index (χ2v) is 7.78. The normalized spacial score (nSPS) is 12.0. The monoisotopic (exact) mass is 434 g/mol. The van der Waals surface area contributed by atoms with Crippen LogP contribution in [0.3, 0.4) is 0 Å². The molecule has 2 N–H and O–H groups in total. The van der Waals surface area contributed by atoms with E-state index in [-0.39, 0.29) is 31.9 Å². The summed E-state index contributed by atoms with van der Waals surface area (Å²) in [6.07, 6.45) is -2.76. The predicted molar refractivity (Wildman–Crippen MR) is 110 cm³/mol. The zero-order valence-electron chi connectivity index (χ0n) is 15.8. The van der Waals surface area contributed by atoms with E-state index >= 15 is 0 Å². The van der Waals surface area contributed by atoms with Gasteiger partial charge >= 0.3 is 6.18 Å². The third-order valence-electron chi connectivity index (χ3n) is 4.63. The van der Waals surface area contributed by atoms with Crippen LogP contribution in [0.15, 0.2) is 41.2 Å². The molecule has 0 aliphatic rings. The Bertz CT molecular complexity index is 1280.